The van der Waals surface area contributed by atoms with E-state index in [2.05, 4.69) is 10.6 Å². The highest BCUT2D eigenvalue weighted by molar-refractivity contribution is 5.96. The lowest BCUT2D eigenvalue weighted by Crippen LogP contribution is -2.46. The summed E-state index contributed by atoms with van der Waals surface area (Å²) in [7, 11) is 1.60. The number of methoxy groups -OCH3 is 1. The zero-order valence-electron chi connectivity index (χ0n) is 13.3. The maximum Gasteiger partial charge on any atom is 0.315 e. The first kappa shape index (κ1) is 16.1. The van der Waals surface area contributed by atoms with Gasteiger partial charge in [-0.25, -0.2) is 4.79 Å². The number of amides is 3. The van der Waals surface area contributed by atoms with Crippen molar-refractivity contribution in [3.63, 3.8) is 0 Å². The van der Waals surface area contributed by atoms with E-state index in [-0.39, 0.29) is 24.0 Å². The molecule has 22 heavy (non-hydrogen) atoms. The number of anilines is 1. The lowest BCUT2D eigenvalue weighted by atomic mass is 10.2. The molecule has 120 valence electrons. The van der Waals surface area contributed by atoms with E-state index in [4.69, 9.17) is 4.74 Å². The molecule has 1 aromatic carbocycles. The van der Waals surface area contributed by atoms with Crippen LogP contribution in [0.2, 0.25) is 0 Å². The minimum Gasteiger partial charge on any atom is -0.497 e. The van der Waals surface area contributed by atoms with Gasteiger partial charge in [-0.2, -0.15) is 0 Å². The van der Waals surface area contributed by atoms with Gasteiger partial charge in [0.05, 0.1) is 13.2 Å². The molecule has 1 aliphatic rings. The van der Waals surface area contributed by atoms with Crippen molar-refractivity contribution < 1.29 is 14.3 Å². The average molecular weight is 305 g/mol. The van der Waals surface area contributed by atoms with Gasteiger partial charge in [-0.1, -0.05) is 6.92 Å². The normalized spacial score (nSPS) is 19.0. The molecule has 0 bridgehead atoms. The quantitative estimate of drug-likeness (QED) is 0.873. The van der Waals surface area contributed by atoms with Gasteiger partial charge in [-0.15, -0.1) is 0 Å². The summed E-state index contributed by atoms with van der Waals surface area (Å²) in [6.45, 7) is 4.44. The molecule has 2 N–H and O–H groups in total. The van der Waals surface area contributed by atoms with Crippen LogP contribution in [0.25, 0.3) is 0 Å². The van der Waals surface area contributed by atoms with E-state index >= 15 is 0 Å². The maximum absolute atomic E-state index is 12.1. The number of rotatable bonds is 5. The van der Waals surface area contributed by atoms with Crippen LogP contribution in [0.5, 0.6) is 5.75 Å². The molecule has 1 aliphatic heterocycles. The molecule has 0 radical (unpaired) electrons. The lowest BCUT2D eigenvalue weighted by molar-refractivity contribution is -0.117. The average Bonchev–Trinajstić information content (AvgIpc) is 2.87. The molecule has 1 saturated heterocycles. The fourth-order valence-electron chi connectivity index (χ4n) is 2.37. The topological polar surface area (TPSA) is 70.7 Å². The summed E-state index contributed by atoms with van der Waals surface area (Å²) in [5, 5.41) is 5.70. The number of urea groups is 1. The summed E-state index contributed by atoms with van der Waals surface area (Å²) in [6, 6.07) is 7.06. The fourth-order valence-corrected chi connectivity index (χ4v) is 2.37. The summed E-state index contributed by atoms with van der Waals surface area (Å²) in [5.74, 6) is 0.761. The third-order valence-corrected chi connectivity index (χ3v) is 3.83. The number of hydrogen-bond donors (Lipinski definition) is 2. The Bertz CT molecular complexity index is 530. The molecule has 3 amide bonds. The Kier molecular flexibility index (Phi) is 5.25. The first-order valence-electron chi connectivity index (χ1n) is 7.55. The number of ether oxygens (including phenoxy) is 1. The highest BCUT2D eigenvalue weighted by atomic mass is 16.5. The fraction of sp³-hybridized carbons (Fsp3) is 0.500. The third kappa shape index (κ3) is 3.90. The smallest absolute Gasteiger partial charge is 0.315 e. The lowest BCUT2D eigenvalue weighted by Gasteiger charge is -2.18. The van der Waals surface area contributed by atoms with Crippen LogP contribution in [-0.4, -0.2) is 37.7 Å². The molecule has 6 heteroatoms. The highest BCUT2D eigenvalue weighted by Gasteiger charge is 2.31. The third-order valence-electron chi connectivity index (χ3n) is 3.83. The second kappa shape index (κ2) is 7.15. The summed E-state index contributed by atoms with van der Waals surface area (Å²) in [4.78, 5) is 25.6. The number of nitrogens with zero attached hydrogens (tertiary/aromatic N) is 1. The van der Waals surface area contributed by atoms with E-state index in [9.17, 15) is 9.59 Å². The van der Waals surface area contributed by atoms with Crippen LogP contribution < -0.4 is 20.3 Å². The summed E-state index contributed by atoms with van der Waals surface area (Å²) in [6.07, 6.45) is 1.19. The van der Waals surface area contributed by atoms with Crippen LogP contribution in [0.4, 0.5) is 10.5 Å². The Morgan fingerprint density at radius 1 is 1.41 bits per heavy atom. The van der Waals surface area contributed by atoms with E-state index in [0.29, 0.717) is 13.0 Å². The van der Waals surface area contributed by atoms with Crippen molar-refractivity contribution in [2.75, 3.05) is 18.6 Å². The second-order valence-electron chi connectivity index (χ2n) is 5.53. The first-order chi connectivity index (χ1) is 10.5. The summed E-state index contributed by atoms with van der Waals surface area (Å²) < 4.78 is 5.11. The van der Waals surface area contributed by atoms with E-state index in [1.54, 1.807) is 12.0 Å². The van der Waals surface area contributed by atoms with Gasteiger partial charge in [0.15, 0.2) is 0 Å². The zero-order valence-corrected chi connectivity index (χ0v) is 13.3. The van der Waals surface area contributed by atoms with Gasteiger partial charge in [-0.05, 0) is 37.6 Å². The van der Waals surface area contributed by atoms with E-state index < -0.39 is 0 Å². The van der Waals surface area contributed by atoms with Gasteiger partial charge in [0.1, 0.15) is 5.75 Å². The van der Waals surface area contributed by atoms with Crippen LogP contribution in [0, 0.1) is 0 Å². The molecule has 0 aliphatic carbocycles. The summed E-state index contributed by atoms with van der Waals surface area (Å²) in [5.41, 5.74) is 0.817. The van der Waals surface area contributed by atoms with Crippen LogP contribution in [0.3, 0.4) is 0 Å². The van der Waals surface area contributed by atoms with E-state index in [1.165, 1.54) is 0 Å². The second-order valence-corrected chi connectivity index (χ2v) is 5.53. The molecular formula is C16H23N3O3. The molecular weight excluding hydrogens is 282 g/mol. The van der Waals surface area contributed by atoms with Crippen molar-refractivity contribution in [3.8, 4) is 5.75 Å². The molecule has 0 spiro atoms. The zero-order chi connectivity index (χ0) is 16.1. The van der Waals surface area contributed by atoms with E-state index in [1.807, 2.05) is 38.1 Å². The van der Waals surface area contributed by atoms with Crippen molar-refractivity contribution in [2.24, 2.45) is 0 Å². The number of nitrogens with one attached hydrogen (secondary N) is 2. The number of benzene rings is 1. The molecule has 0 aromatic heterocycles. The molecule has 1 aromatic rings. The minimum absolute atomic E-state index is 0.0130. The minimum atomic E-state index is -0.219. The predicted octanol–water partition coefficient (Wildman–Crippen LogP) is 1.90. The van der Waals surface area contributed by atoms with Crippen molar-refractivity contribution in [1.82, 2.24) is 10.6 Å². The van der Waals surface area contributed by atoms with Gasteiger partial charge in [0.2, 0.25) is 5.91 Å². The Hall–Kier alpha value is -2.24. The molecule has 1 fully saturated rings. The van der Waals surface area contributed by atoms with Crippen LogP contribution in [0.15, 0.2) is 24.3 Å². The van der Waals surface area contributed by atoms with Gasteiger partial charge in [0.25, 0.3) is 0 Å². The first-order valence-corrected chi connectivity index (χ1v) is 7.55. The van der Waals surface area contributed by atoms with Crippen LogP contribution >= 0.6 is 0 Å². The summed E-state index contributed by atoms with van der Waals surface area (Å²) >= 11 is 0. The molecule has 0 saturated carbocycles. The van der Waals surface area contributed by atoms with Crippen molar-refractivity contribution in [2.45, 2.75) is 38.8 Å². The largest absolute Gasteiger partial charge is 0.497 e. The van der Waals surface area contributed by atoms with Gasteiger partial charge >= 0.3 is 6.03 Å². The molecule has 2 unspecified atom stereocenters. The Labute approximate surface area is 130 Å². The van der Waals surface area contributed by atoms with Crippen LogP contribution in [-0.2, 0) is 4.79 Å². The van der Waals surface area contributed by atoms with Crippen molar-refractivity contribution in [1.29, 1.82) is 0 Å². The molecule has 6 nitrogen and oxygen atoms in total. The van der Waals surface area contributed by atoms with Gasteiger partial charge < -0.3 is 20.3 Å². The number of carbonyl (C=O) groups excluding carboxylic acids is 2. The van der Waals surface area contributed by atoms with Crippen molar-refractivity contribution >= 4 is 17.6 Å². The predicted molar refractivity (Wildman–Crippen MR) is 85.2 cm³/mol. The molecule has 2 rings (SSSR count). The van der Waals surface area contributed by atoms with E-state index in [0.717, 1.165) is 17.9 Å². The molecule has 2 atom stereocenters. The van der Waals surface area contributed by atoms with Gasteiger partial charge in [-0.3, -0.25) is 4.79 Å². The maximum atomic E-state index is 12.1. The number of hydrogen-bond acceptors (Lipinski definition) is 3. The van der Waals surface area contributed by atoms with Crippen LogP contribution in [0.1, 0.15) is 26.7 Å². The number of carbonyl (C=O) groups is 2. The standard InChI is InChI=1S/C16H23N3O3/c1-4-11(2)17-16(21)18-12-9-15(20)19(10-12)13-5-7-14(22-3)8-6-13/h5-8,11-12H,4,9-10H2,1-3H3,(H2,17,18,21). The van der Waals surface area contributed by atoms with Gasteiger partial charge in [0, 0.05) is 24.7 Å². The monoisotopic (exact) mass is 305 g/mol. The Morgan fingerprint density at radius 3 is 2.68 bits per heavy atom. The Balaban J connectivity index is 1.94. The highest BCUT2D eigenvalue weighted by Crippen LogP contribution is 2.24. The van der Waals surface area contributed by atoms with Crippen molar-refractivity contribution in [3.05, 3.63) is 24.3 Å². The Morgan fingerprint density at radius 2 is 2.09 bits per heavy atom. The SMILES string of the molecule is CCC(C)NC(=O)NC1CC(=O)N(c2ccc(OC)cc2)C1. The molecule has 1 heterocycles.